The van der Waals surface area contributed by atoms with E-state index >= 15 is 0 Å². The monoisotopic (exact) mass is 280 g/mol. The normalized spacial score (nSPS) is 19.9. The van der Waals surface area contributed by atoms with E-state index in [-0.39, 0.29) is 0 Å². The molecule has 0 aliphatic carbocycles. The van der Waals surface area contributed by atoms with Crippen LogP contribution in [0.3, 0.4) is 0 Å². The summed E-state index contributed by atoms with van der Waals surface area (Å²) in [6.45, 7) is 9.75. The standard InChI is InChI=1S/C14H24N4S/c1-9(2)12-16-13(15-5)11(4)14(17-12)18-6-7-19-8-10(18)3/h9-10H,6-8H2,1-5H3,(H,15,16,17). The molecular weight excluding hydrogens is 256 g/mol. The molecule has 4 nitrogen and oxygen atoms in total. The fourth-order valence-electron chi connectivity index (χ4n) is 2.34. The molecule has 0 aromatic carbocycles. The molecule has 106 valence electrons. The van der Waals surface area contributed by atoms with Gasteiger partial charge in [-0.05, 0) is 13.8 Å². The zero-order valence-electron chi connectivity index (χ0n) is 12.5. The highest BCUT2D eigenvalue weighted by atomic mass is 32.2. The van der Waals surface area contributed by atoms with Gasteiger partial charge in [-0.15, -0.1) is 0 Å². The minimum atomic E-state index is 0.348. The Hall–Kier alpha value is -0.970. The second-order valence-corrected chi connectivity index (χ2v) is 6.55. The third-order valence-electron chi connectivity index (χ3n) is 3.53. The lowest BCUT2D eigenvalue weighted by atomic mass is 10.1. The first-order chi connectivity index (χ1) is 9.04. The average Bonchev–Trinajstić information content (AvgIpc) is 2.39. The van der Waals surface area contributed by atoms with Crippen LogP contribution < -0.4 is 10.2 Å². The summed E-state index contributed by atoms with van der Waals surface area (Å²) in [6.07, 6.45) is 0. The molecule has 1 atom stereocenters. The van der Waals surface area contributed by atoms with Gasteiger partial charge in [-0.25, -0.2) is 9.97 Å². The van der Waals surface area contributed by atoms with E-state index < -0.39 is 0 Å². The van der Waals surface area contributed by atoms with E-state index in [1.54, 1.807) is 0 Å². The van der Waals surface area contributed by atoms with Crippen LogP contribution >= 0.6 is 11.8 Å². The highest BCUT2D eigenvalue weighted by Gasteiger charge is 2.24. The van der Waals surface area contributed by atoms with Crippen LogP contribution in [0.1, 0.15) is 38.1 Å². The second kappa shape index (κ2) is 5.99. The van der Waals surface area contributed by atoms with Crippen LogP contribution in [0.5, 0.6) is 0 Å². The van der Waals surface area contributed by atoms with Crippen molar-refractivity contribution in [1.29, 1.82) is 0 Å². The van der Waals surface area contributed by atoms with Gasteiger partial charge in [-0.1, -0.05) is 13.8 Å². The van der Waals surface area contributed by atoms with Crippen molar-refractivity contribution in [3.8, 4) is 0 Å². The third-order valence-corrected chi connectivity index (χ3v) is 4.72. The topological polar surface area (TPSA) is 41.1 Å². The molecule has 5 heteroatoms. The molecule has 0 bridgehead atoms. The van der Waals surface area contributed by atoms with Crippen molar-refractivity contribution >= 4 is 23.4 Å². The number of hydrogen-bond donors (Lipinski definition) is 1. The van der Waals surface area contributed by atoms with Gasteiger partial charge in [0.2, 0.25) is 0 Å². The minimum Gasteiger partial charge on any atom is -0.373 e. The summed E-state index contributed by atoms with van der Waals surface area (Å²) in [4.78, 5) is 11.9. The smallest absolute Gasteiger partial charge is 0.137 e. The zero-order chi connectivity index (χ0) is 14.0. The van der Waals surface area contributed by atoms with Gasteiger partial charge in [-0.2, -0.15) is 11.8 Å². The van der Waals surface area contributed by atoms with E-state index in [2.05, 4.69) is 42.9 Å². The molecule has 0 amide bonds. The largest absolute Gasteiger partial charge is 0.373 e. The Labute approximate surface area is 120 Å². The Morgan fingerprint density at radius 1 is 1.37 bits per heavy atom. The van der Waals surface area contributed by atoms with Crippen molar-refractivity contribution in [1.82, 2.24) is 9.97 Å². The maximum atomic E-state index is 4.82. The zero-order valence-corrected chi connectivity index (χ0v) is 13.3. The number of aromatic nitrogens is 2. The Morgan fingerprint density at radius 2 is 2.11 bits per heavy atom. The fourth-order valence-corrected chi connectivity index (χ4v) is 3.36. The van der Waals surface area contributed by atoms with Crippen molar-refractivity contribution in [3.05, 3.63) is 11.4 Å². The summed E-state index contributed by atoms with van der Waals surface area (Å²) in [7, 11) is 1.93. The lowest BCUT2D eigenvalue weighted by Gasteiger charge is -2.35. The second-order valence-electron chi connectivity index (χ2n) is 5.40. The van der Waals surface area contributed by atoms with E-state index in [9.17, 15) is 0 Å². The lowest BCUT2D eigenvalue weighted by molar-refractivity contribution is 0.674. The predicted octanol–water partition coefficient (Wildman–Crippen LogP) is 2.89. The molecule has 1 saturated heterocycles. The van der Waals surface area contributed by atoms with Gasteiger partial charge < -0.3 is 10.2 Å². The molecule has 1 N–H and O–H groups in total. The van der Waals surface area contributed by atoms with E-state index in [0.717, 1.165) is 29.6 Å². The Bertz CT molecular complexity index is 447. The van der Waals surface area contributed by atoms with Gasteiger partial charge >= 0.3 is 0 Å². The third kappa shape index (κ3) is 2.96. The Balaban J connectivity index is 2.45. The number of anilines is 2. The average molecular weight is 280 g/mol. The summed E-state index contributed by atoms with van der Waals surface area (Å²) in [5, 5.41) is 3.20. The number of thioether (sulfide) groups is 1. The summed E-state index contributed by atoms with van der Waals surface area (Å²) in [6, 6.07) is 0.539. The molecule has 1 fully saturated rings. The quantitative estimate of drug-likeness (QED) is 0.922. The number of rotatable bonds is 3. The number of nitrogens with zero attached hydrogens (tertiary/aromatic N) is 3. The highest BCUT2D eigenvalue weighted by molar-refractivity contribution is 7.99. The van der Waals surface area contributed by atoms with E-state index in [0.29, 0.717) is 12.0 Å². The van der Waals surface area contributed by atoms with Crippen LogP contribution in [0, 0.1) is 6.92 Å². The minimum absolute atomic E-state index is 0.348. The van der Waals surface area contributed by atoms with Crippen LogP contribution in [0.2, 0.25) is 0 Å². The molecule has 1 aromatic rings. The molecule has 1 aliphatic rings. The van der Waals surface area contributed by atoms with Crippen LogP contribution in [0.15, 0.2) is 0 Å². The van der Waals surface area contributed by atoms with Crippen LogP contribution in [0.25, 0.3) is 0 Å². The van der Waals surface area contributed by atoms with E-state index in [1.165, 1.54) is 11.5 Å². The molecule has 2 rings (SSSR count). The fraction of sp³-hybridized carbons (Fsp3) is 0.714. The number of nitrogens with one attached hydrogen (secondary N) is 1. The first-order valence-corrected chi connectivity index (χ1v) is 8.10. The lowest BCUT2D eigenvalue weighted by Crippen LogP contribution is -2.41. The number of hydrogen-bond acceptors (Lipinski definition) is 5. The summed E-state index contributed by atoms with van der Waals surface area (Å²) in [5.41, 5.74) is 1.16. The van der Waals surface area contributed by atoms with Crippen molar-refractivity contribution < 1.29 is 0 Å². The summed E-state index contributed by atoms with van der Waals surface area (Å²) in [5.74, 6) is 5.70. The van der Waals surface area contributed by atoms with E-state index in [4.69, 9.17) is 4.98 Å². The molecular formula is C14H24N4S. The Morgan fingerprint density at radius 3 is 2.68 bits per heavy atom. The molecule has 0 saturated carbocycles. The molecule has 1 unspecified atom stereocenters. The van der Waals surface area contributed by atoms with Crippen molar-refractivity contribution in [2.75, 3.05) is 35.3 Å². The molecule has 1 aromatic heterocycles. The molecule has 0 spiro atoms. The van der Waals surface area contributed by atoms with Crippen molar-refractivity contribution in [2.45, 2.75) is 39.7 Å². The van der Waals surface area contributed by atoms with Gasteiger partial charge in [0.05, 0.1) is 0 Å². The first kappa shape index (κ1) is 14.4. The maximum Gasteiger partial charge on any atom is 0.137 e. The Kier molecular flexibility index (Phi) is 4.55. The molecule has 2 heterocycles. The first-order valence-electron chi connectivity index (χ1n) is 6.95. The molecule has 19 heavy (non-hydrogen) atoms. The van der Waals surface area contributed by atoms with Gasteiger partial charge in [0.15, 0.2) is 0 Å². The van der Waals surface area contributed by atoms with Crippen molar-refractivity contribution in [3.63, 3.8) is 0 Å². The predicted molar refractivity (Wildman–Crippen MR) is 84.5 cm³/mol. The van der Waals surface area contributed by atoms with Crippen LogP contribution in [-0.2, 0) is 0 Å². The van der Waals surface area contributed by atoms with Gasteiger partial charge in [-0.3, -0.25) is 0 Å². The maximum absolute atomic E-state index is 4.82. The summed E-state index contributed by atoms with van der Waals surface area (Å²) >= 11 is 2.03. The van der Waals surface area contributed by atoms with Crippen molar-refractivity contribution in [2.24, 2.45) is 0 Å². The van der Waals surface area contributed by atoms with Crippen LogP contribution in [-0.4, -0.2) is 41.1 Å². The highest BCUT2D eigenvalue weighted by Crippen LogP contribution is 2.29. The SMILES string of the molecule is CNc1nc(C(C)C)nc(N2CCSCC2C)c1C. The van der Waals surface area contributed by atoms with Crippen LogP contribution in [0.4, 0.5) is 11.6 Å². The van der Waals surface area contributed by atoms with Gasteiger partial charge in [0.25, 0.3) is 0 Å². The van der Waals surface area contributed by atoms with E-state index in [1.807, 2.05) is 18.8 Å². The summed E-state index contributed by atoms with van der Waals surface area (Å²) < 4.78 is 0. The molecule has 1 aliphatic heterocycles. The van der Waals surface area contributed by atoms with Gasteiger partial charge in [0, 0.05) is 42.6 Å². The van der Waals surface area contributed by atoms with Gasteiger partial charge in [0.1, 0.15) is 17.5 Å². The molecule has 0 radical (unpaired) electrons.